The topological polar surface area (TPSA) is 55.4 Å². The lowest BCUT2D eigenvalue weighted by molar-refractivity contribution is -0.141. The molecule has 1 aliphatic carbocycles. The second-order valence-electron chi connectivity index (χ2n) is 5.60. The summed E-state index contributed by atoms with van der Waals surface area (Å²) in [6, 6.07) is 3.60. The minimum absolute atomic E-state index is 0.0317. The molecular formula is C16H23NO3S. The largest absolute Gasteiger partial charge is 0.469 e. The highest BCUT2D eigenvalue weighted by Gasteiger charge is 2.21. The van der Waals surface area contributed by atoms with Gasteiger partial charge in [-0.3, -0.25) is 9.59 Å². The molecule has 116 valence electrons. The first kappa shape index (κ1) is 16.0. The molecule has 0 saturated heterocycles. The van der Waals surface area contributed by atoms with Crippen molar-refractivity contribution in [3.05, 3.63) is 22.4 Å². The first-order valence-corrected chi connectivity index (χ1v) is 8.46. The molecule has 1 unspecified atom stereocenters. The molecule has 1 saturated carbocycles. The van der Waals surface area contributed by atoms with Crippen LogP contribution in [0.3, 0.4) is 0 Å². The van der Waals surface area contributed by atoms with Gasteiger partial charge < -0.3 is 10.1 Å². The SMILES string of the molecule is COC(=O)CC(NC(=O)CCC1CCCC1)c1cccs1. The molecule has 0 aromatic carbocycles. The number of amides is 1. The Morgan fingerprint density at radius 1 is 1.43 bits per heavy atom. The number of methoxy groups -OCH3 is 1. The van der Waals surface area contributed by atoms with Gasteiger partial charge in [-0.05, 0) is 23.8 Å². The number of hydrogen-bond donors (Lipinski definition) is 1. The van der Waals surface area contributed by atoms with E-state index in [-0.39, 0.29) is 24.3 Å². The first-order chi connectivity index (χ1) is 10.2. The van der Waals surface area contributed by atoms with Crippen molar-refractivity contribution in [1.29, 1.82) is 0 Å². The van der Waals surface area contributed by atoms with E-state index in [1.165, 1.54) is 32.8 Å². The van der Waals surface area contributed by atoms with Crippen LogP contribution in [-0.2, 0) is 14.3 Å². The zero-order valence-electron chi connectivity index (χ0n) is 12.5. The Balaban J connectivity index is 1.85. The van der Waals surface area contributed by atoms with Crippen LogP contribution in [0.2, 0.25) is 0 Å². The van der Waals surface area contributed by atoms with Crippen LogP contribution in [0.5, 0.6) is 0 Å². The average Bonchev–Trinajstić information content (AvgIpc) is 3.17. The molecule has 0 spiro atoms. The van der Waals surface area contributed by atoms with Crippen molar-refractivity contribution < 1.29 is 14.3 Å². The Labute approximate surface area is 129 Å². The number of carbonyl (C=O) groups excluding carboxylic acids is 2. The molecule has 1 heterocycles. The van der Waals surface area contributed by atoms with Gasteiger partial charge in [-0.15, -0.1) is 11.3 Å². The molecule has 1 aliphatic rings. The van der Waals surface area contributed by atoms with Crippen molar-refractivity contribution >= 4 is 23.2 Å². The Morgan fingerprint density at radius 3 is 2.81 bits per heavy atom. The molecule has 1 atom stereocenters. The standard InChI is InChI=1S/C16H23NO3S/c1-20-16(19)11-13(14-7-4-10-21-14)17-15(18)9-8-12-5-2-3-6-12/h4,7,10,12-13H,2-3,5-6,8-9,11H2,1H3,(H,17,18). The predicted molar refractivity (Wildman–Crippen MR) is 83.0 cm³/mol. The predicted octanol–water partition coefficient (Wildman–Crippen LogP) is 3.44. The maximum atomic E-state index is 12.1. The number of nitrogens with one attached hydrogen (secondary N) is 1. The van der Waals surface area contributed by atoms with Crippen LogP contribution in [-0.4, -0.2) is 19.0 Å². The monoisotopic (exact) mass is 309 g/mol. The van der Waals surface area contributed by atoms with Gasteiger partial charge in [0.1, 0.15) is 0 Å². The average molecular weight is 309 g/mol. The van der Waals surface area contributed by atoms with E-state index in [0.29, 0.717) is 12.3 Å². The number of rotatable bonds is 7. The fraction of sp³-hybridized carbons (Fsp3) is 0.625. The molecule has 0 radical (unpaired) electrons. The van der Waals surface area contributed by atoms with Crippen LogP contribution in [0.1, 0.15) is 55.9 Å². The summed E-state index contributed by atoms with van der Waals surface area (Å²) < 4.78 is 4.72. The third-order valence-corrected chi connectivity index (χ3v) is 5.06. The zero-order chi connectivity index (χ0) is 15.1. The van der Waals surface area contributed by atoms with Crippen LogP contribution in [0, 0.1) is 5.92 Å². The Hall–Kier alpha value is -1.36. The van der Waals surface area contributed by atoms with E-state index in [2.05, 4.69) is 5.32 Å². The van der Waals surface area contributed by atoms with Crippen LogP contribution in [0.4, 0.5) is 0 Å². The summed E-state index contributed by atoms with van der Waals surface area (Å²) >= 11 is 1.55. The first-order valence-electron chi connectivity index (χ1n) is 7.58. The second kappa shape index (κ2) is 8.17. The summed E-state index contributed by atoms with van der Waals surface area (Å²) in [4.78, 5) is 24.6. The lowest BCUT2D eigenvalue weighted by Gasteiger charge is -2.17. The van der Waals surface area contributed by atoms with Gasteiger partial charge in [0.2, 0.25) is 5.91 Å². The van der Waals surface area contributed by atoms with E-state index in [1.807, 2.05) is 17.5 Å². The van der Waals surface area contributed by atoms with Crippen molar-refractivity contribution in [2.45, 2.75) is 51.0 Å². The minimum Gasteiger partial charge on any atom is -0.469 e. The highest BCUT2D eigenvalue weighted by molar-refractivity contribution is 7.10. The highest BCUT2D eigenvalue weighted by Crippen LogP contribution is 2.29. The summed E-state index contributed by atoms with van der Waals surface area (Å²) in [6.45, 7) is 0. The lowest BCUT2D eigenvalue weighted by atomic mass is 10.0. The van der Waals surface area contributed by atoms with Crippen LogP contribution in [0.15, 0.2) is 17.5 Å². The number of thiophene rings is 1. The third-order valence-electron chi connectivity index (χ3n) is 4.07. The number of esters is 1. The van der Waals surface area contributed by atoms with Gasteiger partial charge in [0.15, 0.2) is 0 Å². The van der Waals surface area contributed by atoms with E-state index in [9.17, 15) is 9.59 Å². The van der Waals surface area contributed by atoms with Crippen molar-refractivity contribution in [3.63, 3.8) is 0 Å². The number of carbonyl (C=O) groups is 2. The fourth-order valence-corrected chi connectivity index (χ4v) is 3.64. The minimum atomic E-state index is -0.301. The molecule has 2 rings (SSSR count). The van der Waals surface area contributed by atoms with Crippen LogP contribution >= 0.6 is 11.3 Å². The quantitative estimate of drug-likeness (QED) is 0.785. The molecule has 5 heteroatoms. The Bertz CT molecular complexity index is 452. The van der Waals surface area contributed by atoms with Gasteiger partial charge in [0.05, 0.1) is 19.6 Å². The van der Waals surface area contributed by atoms with Crippen molar-refractivity contribution in [1.82, 2.24) is 5.32 Å². The van der Waals surface area contributed by atoms with Crippen molar-refractivity contribution in [3.8, 4) is 0 Å². The van der Waals surface area contributed by atoms with Gasteiger partial charge in [0, 0.05) is 11.3 Å². The lowest BCUT2D eigenvalue weighted by Crippen LogP contribution is -2.30. The van der Waals surface area contributed by atoms with E-state index < -0.39 is 0 Å². The Morgan fingerprint density at radius 2 is 2.19 bits per heavy atom. The molecule has 1 amide bonds. The molecule has 21 heavy (non-hydrogen) atoms. The maximum absolute atomic E-state index is 12.1. The molecule has 4 nitrogen and oxygen atoms in total. The van der Waals surface area contributed by atoms with Gasteiger partial charge in [-0.2, -0.15) is 0 Å². The molecule has 1 aromatic rings. The van der Waals surface area contributed by atoms with Gasteiger partial charge >= 0.3 is 5.97 Å². The summed E-state index contributed by atoms with van der Waals surface area (Å²) in [7, 11) is 1.37. The van der Waals surface area contributed by atoms with Crippen molar-refractivity contribution in [2.75, 3.05) is 7.11 Å². The van der Waals surface area contributed by atoms with Gasteiger partial charge in [0.25, 0.3) is 0 Å². The van der Waals surface area contributed by atoms with Crippen LogP contribution in [0.25, 0.3) is 0 Å². The smallest absolute Gasteiger partial charge is 0.307 e. The molecule has 1 aromatic heterocycles. The maximum Gasteiger partial charge on any atom is 0.307 e. The number of hydrogen-bond acceptors (Lipinski definition) is 4. The van der Waals surface area contributed by atoms with Crippen molar-refractivity contribution in [2.24, 2.45) is 5.92 Å². The summed E-state index contributed by atoms with van der Waals surface area (Å²) in [6.07, 6.45) is 6.80. The van der Waals surface area contributed by atoms with Gasteiger partial charge in [-0.1, -0.05) is 31.7 Å². The van der Waals surface area contributed by atoms with Crippen LogP contribution < -0.4 is 5.32 Å². The summed E-state index contributed by atoms with van der Waals surface area (Å²) in [5, 5.41) is 4.93. The summed E-state index contributed by atoms with van der Waals surface area (Å²) in [5.74, 6) is 0.435. The highest BCUT2D eigenvalue weighted by atomic mass is 32.1. The molecule has 0 aliphatic heterocycles. The third kappa shape index (κ3) is 5.16. The van der Waals surface area contributed by atoms with E-state index in [4.69, 9.17) is 4.74 Å². The Kier molecular flexibility index (Phi) is 6.23. The van der Waals surface area contributed by atoms with E-state index >= 15 is 0 Å². The number of ether oxygens (including phenoxy) is 1. The molecule has 0 bridgehead atoms. The van der Waals surface area contributed by atoms with E-state index in [0.717, 1.165) is 11.3 Å². The zero-order valence-corrected chi connectivity index (χ0v) is 13.3. The van der Waals surface area contributed by atoms with E-state index in [1.54, 1.807) is 11.3 Å². The fourth-order valence-electron chi connectivity index (χ4n) is 2.86. The molecule has 1 fully saturated rings. The normalized spacial score (nSPS) is 16.6. The summed E-state index contributed by atoms with van der Waals surface area (Å²) in [5.41, 5.74) is 0. The van der Waals surface area contributed by atoms with Gasteiger partial charge in [-0.25, -0.2) is 0 Å². The second-order valence-corrected chi connectivity index (χ2v) is 6.58. The molecular weight excluding hydrogens is 286 g/mol. The molecule has 1 N–H and O–H groups in total.